The zero-order chi connectivity index (χ0) is 10.8. The van der Waals surface area contributed by atoms with Gasteiger partial charge in [0.15, 0.2) is 0 Å². The van der Waals surface area contributed by atoms with Crippen LogP contribution in [0.1, 0.15) is 13.8 Å². The third kappa shape index (κ3) is 2.17. The molecule has 0 spiro atoms. The topological polar surface area (TPSA) is 26.3 Å². The lowest BCUT2D eigenvalue weighted by atomic mass is 9.96. The van der Waals surface area contributed by atoms with Crippen LogP contribution < -0.4 is 0 Å². The number of ether oxygens (including phenoxy) is 1. The lowest BCUT2D eigenvalue weighted by Crippen LogP contribution is -2.09. The Bertz CT molecular complexity index is 366. The second-order valence-corrected chi connectivity index (χ2v) is 4.90. The summed E-state index contributed by atoms with van der Waals surface area (Å²) in [5.41, 5.74) is 1.26. The molecule has 1 aliphatic heterocycles. The standard InChI is InChI=1S/C12H14O2S/c1-3-14-12(13)11-7-9-6-8(2)4-5-10(9)15-11/h4-7,9-10H,3H2,1-2H3. The first-order chi connectivity index (χ1) is 7.20. The molecule has 1 heterocycles. The predicted octanol–water partition coefficient (Wildman–Crippen LogP) is 2.68. The molecule has 2 atom stereocenters. The van der Waals surface area contributed by atoms with Crippen LogP contribution in [0.2, 0.25) is 0 Å². The summed E-state index contributed by atoms with van der Waals surface area (Å²) in [5, 5.41) is 0.383. The summed E-state index contributed by atoms with van der Waals surface area (Å²) in [4.78, 5) is 12.3. The highest BCUT2D eigenvalue weighted by Crippen LogP contribution is 2.41. The normalized spacial score (nSPS) is 28.1. The van der Waals surface area contributed by atoms with Crippen molar-refractivity contribution < 1.29 is 9.53 Å². The monoisotopic (exact) mass is 222 g/mol. The largest absolute Gasteiger partial charge is 0.462 e. The number of thioether (sulfide) groups is 1. The Morgan fingerprint density at radius 2 is 2.33 bits per heavy atom. The van der Waals surface area contributed by atoms with Crippen LogP contribution >= 0.6 is 11.8 Å². The van der Waals surface area contributed by atoms with E-state index in [-0.39, 0.29) is 5.97 Å². The number of allylic oxidation sites excluding steroid dienone is 4. The van der Waals surface area contributed by atoms with Crippen molar-refractivity contribution in [3.05, 3.63) is 34.8 Å². The molecular formula is C12H14O2S. The van der Waals surface area contributed by atoms with Crippen molar-refractivity contribution in [2.24, 2.45) is 5.92 Å². The second-order valence-electron chi connectivity index (χ2n) is 3.68. The van der Waals surface area contributed by atoms with E-state index in [0.717, 1.165) is 4.91 Å². The van der Waals surface area contributed by atoms with E-state index in [1.54, 1.807) is 11.8 Å². The molecule has 0 saturated carbocycles. The fraction of sp³-hybridized carbons (Fsp3) is 0.417. The molecule has 0 fully saturated rings. The first-order valence-electron chi connectivity index (χ1n) is 5.13. The zero-order valence-corrected chi connectivity index (χ0v) is 9.71. The van der Waals surface area contributed by atoms with Gasteiger partial charge in [-0.2, -0.15) is 0 Å². The first-order valence-corrected chi connectivity index (χ1v) is 6.01. The van der Waals surface area contributed by atoms with Gasteiger partial charge in [-0.3, -0.25) is 0 Å². The summed E-state index contributed by atoms with van der Waals surface area (Å²) in [7, 11) is 0. The first kappa shape index (κ1) is 10.6. The van der Waals surface area contributed by atoms with Crippen LogP contribution in [0.15, 0.2) is 34.8 Å². The Hall–Kier alpha value is -0.960. The summed E-state index contributed by atoms with van der Waals surface area (Å²) < 4.78 is 4.99. The molecule has 2 nitrogen and oxygen atoms in total. The van der Waals surface area contributed by atoms with Crippen LogP contribution in [0.4, 0.5) is 0 Å². The van der Waals surface area contributed by atoms with Crippen molar-refractivity contribution in [2.45, 2.75) is 19.1 Å². The van der Waals surface area contributed by atoms with Crippen molar-refractivity contribution in [1.29, 1.82) is 0 Å². The van der Waals surface area contributed by atoms with E-state index in [0.29, 0.717) is 17.8 Å². The molecular weight excluding hydrogens is 208 g/mol. The van der Waals surface area contributed by atoms with Gasteiger partial charge in [-0.1, -0.05) is 29.9 Å². The van der Waals surface area contributed by atoms with Gasteiger partial charge in [0.1, 0.15) is 0 Å². The number of carbonyl (C=O) groups is 1. The van der Waals surface area contributed by atoms with Crippen LogP contribution in [-0.4, -0.2) is 17.8 Å². The fourth-order valence-corrected chi connectivity index (χ4v) is 2.92. The molecule has 0 aromatic heterocycles. The van der Waals surface area contributed by atoms with Crippen molar-refractivity contribution in [1.82, 2.24) is 0 Å². The van der Waals surface area contributed by atoms with E-state index in [2.05, 4.69) is 25.2 Å². The Balaban J connectivity index is 2.11. The highest BCUT2D eigenvalue weighted by atomic mass is 32.2. The SMILES string of the molecule is CCOC(=O)C1=CC2C=C(C)C=CC2S1. The summed E-state index contributed by atoms with van der Waals surface area (Å²) in [6.07, 6.45) is 8.48. The Kier molecular flexibility index (Phi) is 3.00. The van der Waals surface area contributed by atoms with Crippen molar-refractivity contribution >= 4 is 17.7 Å². The summed E-state index contributed by atoms with van der Waals surface area (Å²) in [6.45, 7) is 4.35. The maximum absolute atomic E-state index is 11.5. The quantitative estimate of drug-likeness (QED) is 0.672. The minimum Gasteiger partial charge on any atom is -0.462 e. The molecule has 0 amide bonds. The second kappa shape index (κ2) is 4.27. The lowest BCUT2D eigenvalue weighted by Gasteiger charge is -2.15. The maximum atomic E-state index is 11.5. The minimum absolute atomic E-state index is 0.184. The molecule has 2 rings (SSSR count). The van der Waals surface area contributed by atoms with Gasteiger partial charge in [-0.25, -0.2) is 4.79 Å². The fourth-order valence-electron chi connectivity index (χ4n) is 1.77. The molecule has 0 aromatic rings. The van der Waals surface area contributed by atoms with Crippen LogP contribution in [0.25, 0.3) is 0 Å². The van der Waals surface area contributed by atoms with Crippen LogP contribution in [0.3, 0.4) is 0 Å². The summed E-state index contributed by atoms with van der Waals surface area (Å²) in [6, 6.07) is 0. The molecule has 15 heavy (non-hydrogen) atoms. The maximum Gasteiger partial charge on any atom is 0.344 e. The third-order valence-corrected chi connectivity index (χ3v) is 3.77. The Morgan fingerprint density at radius 1 is 1.53 bits per heavy atom. The highest BCUT2D eigenvalue weighted by Gasteiger charge is 2.30. The smallest absolute Gasteiger partial charge is 0.344 e. The third-order valence-electron chi connectivity index (χ3n) is 2.47. The zero-order valence-electron chi connectivity index (χ0n) is 8.90. The van der Waals surface area contributed by atoms with Crippen molar-refractivity contribution in [3.8, 4) is 0 Å². The molecule has 0 N–H and O–H groups in total. The molecule has 1 aliphatic carbocycles. The predicted molar refractivity (Wildman–Crippen MR) is 62.5 cm³/mol. The van der Waals surface area contributed by atoms with Gasteiger partial charge >= 0.3 is 5.97 Å². The van der Waals surface area contributed by atoms with Crippen LogP contribution in [-0.2, 0) is 9.53 Å². The van der Waals surface area contributed by atoms with Gasteiger partial charge in [0, 0.05) is 11.2 Å². The average molecular weight is 222 g/mol. The van der Waals surface area contributed by atoms with Gasteiger partial charge in [0.2, 0.25) is 0 Å². The molecule has 2 unspecified atom stereocenters. The highest BCUT2D eigenvalue weighted by molar-refractivity contribution is 8.05. The van der Waals surface area contributed by atoms with Gasteiger partial charge < -0.3 is 4.74 Å². The van der Waals surface area contributed by atoms with Crippen molar-refractivity contribution in [2.75, 3.05) is 6.61 Å². The molecule has 80 valence electrons. The van der Waals surface area contributed by atoms with Gasteiger partial charge in [-0.15, -0.1) is 11.8 Å². The number of hydrogen-bond acceptors (Lipinski definition) is 3. The number of rotatable bonds is 2. The average Bonchev–Trinajstić information content (AvgIpc) is 2.60. The molecule has 3 heteroatoms. The Morgan fingerprint density at radius 3 is 3.07 bits per heavy atom. The molecule has 0 radical (unpaired) electrons. The van der Waals surface area contributed by atoms with Gasteiger partial charge in [0.05, 0.1) is 11.5 Å². The molecule has 0 aromatic carbocycles. The van der Waals surface area contributed by atoms with Crippen molar-refractivity contribution in [3.63, 3.8) is 0 Å². The lowest BCUT2D eigenvalue weighted by molar-refractivity contribution is -0.137. The van der Waals surface area contributed by atoms with Gasteiger partial charge in [-0.05, 0) is 13.8 Å². The molecule has 0 bridgehead atoms. The van der Waals surface area contributed by atoms with Gasteiger partial charge in [0.25, 0.3) is 0 Å². The van der Waals surface area contributed by atoms with E-state index >= 15 is 0 Å². The minimum atomic E-state index is -0.184. The van der Waals surface area contributed by atoms with E-state index in [1.807, 2.05) is 13.0 Å². The van der Waals surface area contributed by atoms with E-state index < -0.39 is 0 Å². The van der Waals surface area contributed by atoms with E-state index in [9.17, 15) is 4.79 Å². The molecule has 2 aliphatic rings. The van der Waals surface area contributed by atoms with E-state index in [1.165, 1.54) is 5.57 Å². The summed E-state index contributed by atoms with van der Waals surface area (Å²) in [5.74, 6) is 0.177. The number of carbonyl (C=O) groups excluding carboxylic acids is 1. The number of fused-ring (bicyclic) bond motifs is 1. The summed E-state index contributed by atoms with van der Waals surface area (Å²) >= 11 is 1.60. The molecule has 0 saturated heterocycles. The van der Waals surface area contributed by atoms with Crippen LogP contribution in [0.5, 0.6) is 0 Å². The number of esters is 1. The van der Waals surface area contributed by atoms with E-state index in [4.69, 9.17) is 4.74 Å². The Labute approximate surface area is 94.1 Å². The number of hydrogen-bond donors (Lipinski definition) is 0. The van der Waals surface area contributed by atoms with Crippen LogP contribution in [0, 0.1) is 5.92 Å².